The quantitative estimate of drug-likeness (QED) is 0.746. The molecule has 0 saturated heterocycles. The Bertz CT molecular complexity index is 950. The van der Waals surface area contributed by atoms with Gasteiger partial charge in [-0.3, -0.25) is 9.36 Å². The van der Waals surface area contributed by atoms with Gasteiger partial charge in [0.25, 0.3) is 5.56 Å². The molecule has 1 heterocycles. The summed E-state index contributed by atoms with van der Waals surface area (Å²) in [6.45, 7) is 1.78. The number of nitrogens with zero attached hydrogens (tertiary/aromatic N) is 2. The van der Waals surface area contributed by atoms with Gasteiger partial charge in [0.15, 0.2) is 0 Å². The molecular formula is C17H14N2O3S. The van der Waals surface area contributed by atoms with Crippen LogP contribution in [0.4, 0.5) is 0 Å². The van der Waals surface area contributed by atoms with Crippen LogP contribution in [0.2, 0.25) is 0 Å². The van der Waals surface area contributed by atoms with Crippen molar-refractivity contribution in [2.45, 2.75) is 17.7 Å². The molecule has 1 aromatic heterocycles. The second-order valence-electron chi connectivity index (χ2n) is 4.98. The third-order valence-corrected chi connectivity index (χ3v) is 4.57. The normalized spacial score (nSPS) is 10.8. The molecule has 0 amide bonds. The molecule has 116 valence electrons. The Morgan fingerprint density at radius 1 is 1.17 bits per heavy atom. The van der Waals surface area contributed by atoms with Crippen LogP contribution >= 0.6 is 11.8 Å². The number of carbonyl (C=O) groups is 1. The molecule has 0 atom stereocenters. The first-order valence-electron chi connectivity index (χ1n) is 6.99. The molecular weight excluding hydrogens is 312 g/mol. The first kappa shape index (κ1) is 15.3. The smallest absolute Gasteiger partial charge is 0.336 e. The number of aryl methyl sites for hydroxylation is 1. The van der Waals surface area contributed by atoms with Crippen LogP contribution in [0.5, 0.6) is 0 Å². The molecule has 0 bridgehead atoms. The van der Waals surface area contributed by atoms with E-state index in [1.54, 1.807) is 54.0 Å². The molecule has 0 saturated carbocycles. The first-order chi connectivity index (χ1) is 11.1. The van der Waals surface area contributed by atoms with E-state index in [0.717, 1.165) is 0 Å². The third kappa shape index (κ3) is 2.98. The van der Waals surface area contributed by atoms with E-state index in [1.165, 1.54) is 11.8 Å². The molecule has 0 spiro atoms. The summed E-state index contributed by atoms with van der Waals surface area (Å²) in [7, 11) is 0. The lowest BCUT2D eigenvalue weighted by Gasteiger charge is -2.11. The van der Waals surface area contributed by atoms with Crippen molar-refractivity contribution in [2.75, 3.05) is 0 Å². The summed E-state index contributed by atoms with van der Waals surface area (Å²) in [5.41, 5.74) is 0.785. The van der Waals surface area contributed by atoms with Crippen LogP contribution in [-0.2, 0) is 5.88 Å². The zero-order valence-corrected chi connectivity index (χ0v) is 13.2. The highest BCUT2D eigenvalue weighted by Gasteiger charge is 2.12. The largest absolute Gasteiger partial charge is 0.478 e. The van der Waals surface area contributed by atoms with Crippen LogP contribution in [0.25, 0.3) is 10.9 Å². The highest BCUT2D eigenvalue weighted by molar-refractivity contribution is 7.98. The SMILES string of the molecule is Cc1nc2ccccc2c(=O)n1CSc1ccccc1C(=O)O. The fourth-order valence-corrected chi connectivity index (χ4v) is 3.39. The maximum Gasteiger partial charge on any atom is 0.336 e. The Labute approximate surface area is 136 Å². The minimum atomic E-state index is -0.978. The van der Waals surface area contributed by atoms with Crippen molar-refractivity contribution in [3.8, 4) is 0 Å². The fourth-order valence-electron chi connectivity index (χ4n) is 2.33. The summed E-state index contributed by atoms with van der Waals surface area (Å²) in [5.74, 6) is -0.0601. The number of aromatic carboxylic acids is 1. The van der Waals surface area contributed by atoms with E-state index < -0.39 is 5.97 Å². The summed E-state index contributed by atoms with van der Waals surface area (Å²) in [6.07, 6.45) is 0. The number of rotatable bonds is 4. The molecule has 6 heteroatoms. The number of thioether (sulfide) groups is 1. The molecule has 0 fully saturated rings. The Kier molecular flexibility index (Phi) is 4.16. The topological polar surface area (TPSA) is 72.2 Å². The number of fused-ring (bicyclic) bond motifs is 1. The van der Waals surface area contributed by atoms with Crippen LogP contribution in [0.1, 0.15) is 16.2 Å². The van der Waals surface area contributed by atoms with Crippen molar-refractivity contribution >= 4 is 28.6 Å². The van der Waals surface area contributed by atoms with Crippen molar-refractivity contribution in [1.29, 1.82) is 0 Å². The van der Waals surface area contributed by atoms with E-state index in [4.69, 9.17) is 0 Å². The van der Waals surface area contributed by atoms with Crippen LogP contribution in [0, 0.1) is 6.92 Å². The van der Waals surface area contributed by atoms with E-state index >= 15 is 0 Å². The van der Waals surface area contributed by atoms with Crippen molar-refractivity contribution in [3.63, 3.8) is 0 Å². The molecule has 1 N–H and O–H groups in total. The molecule has 3 rings (SSSR count). The van der Waals surface area contributed by atoms with Gasteiger partial charge in [0, 0.05) is 4.90 Å². The summed E-state index contributed by atoms with van der Waals surface area (Å²) in [6, 6.07) is 14.0. The number of hydrogen-bond acceptors (Lipinski definition) is 4. The second kappa shape index (κ2) is 6.26. The third-order valence-electron chi connectivity index (χ3n) is 3.52. The first-order valence-corrected chi connectivity index (χ1v) is 7.98. The number of carboxylic acid groups (broad SMARTS) is 1. The Hall–Kier alpha value is -2.60. The molecule has 0 radical (unpaired) electrons. The molecule has 5 nitrogen and oxygen atoms in total. The standard InChI is InChI=1S/C17H14N2O3S/c1-11-18-14-8-4-2-6-12(14)16(20)19(11)10-23-15-9-5-3-7-13(15)17(21)22/h2-9H,10H2,1H3,(H,21,22). The molecule has 0 aliphatic rings. The number of carboxylic acids is 1. The number of hydrogen-bond donors (Lipinski definition) is 1. The highest BCUT2D eigenvalue weighted by atomic mass is 32.2. The van der Waals surface area contributed by atoms with E-state index in [-0.39, 0.29) is 11.1 Å². The summed E-state index contributed by atoms with van der Waals surface area (Å²) < 4.78 is 1.56. The number of benzene rings is 2. The Morgan fingerprint density at radius 3 is 2.65 bits per heavy atom. The molecule has 0 unspecified atom stereocenters. The van der Waals surface area contributed by atoms with Crippen LogP contribution in [-0.4, -0.2) is 20.6 Å². The van der Waals surface area contributed by atoms with Gasteiger partial charge in [0.2, 0.25) is 0 Å². The average molecular weight is 326 g/mol. The van der Waals surface area contributed by atoms with Crippen LogP contribution in [0.15, 0.2) is 58.2 Å². The summed E-state index contributed by atoms with van der Waals surface area (Å²) >= 11 is 1.31. The molecule has 23 heavy (non-hydrogen) atoms. The predicted molar refractivity (Wildman–Crippen MR) is 90.0 cm³/mol. The van der Waals surface area contributed by atoms with Crippen molar-refractivity contribution in [1.82, 2.24) is 9.55 Å². The molecule has 2 aromatic carbocycles. The lowest BCUT2D eigenvalue weighted by molar-refractivity contribution is 0.0693. The zero-order chi connectivity index (χ0) is 16.4. The van der Waals surface area contributed by atoms with Gasteiger partial charge in [-0.15, -0.1) is 11.8 Å². The maximum absolute atomic E-state index is 12.6. The minimum Gasteiger partial charge on any atom is -0.478 e. The average Bonchev–Trinajstić information content (AvgIpc) is 2.55. The van der Waals surface area contributed by atoms with Gasteiger partial charge in [-0.2, -0.15) is 0 Å². The van der Waals surface area contributed by atoms with E-state index in [0.29, 0.717) is 27.5 Å². The van der Waals surface area contributed by atoms with Gasteiger partial charge >= 0.3 is 5.97 Å². The zero-order valence-electron chi connectivity index (χ0n) is 12.4. The van der Waals surface area contributed by atoms with Gasteiger partial charge < -0.3 is 5.11 Å². The van der Waals surface area contributed by atoms with Gasteiger partial charge in [0.05, 0.1) is 22.3 Å². The number of para-hydroxylation sites is 1. The lowest BCUT2D eigenvalue weighted by atomic mass is 10.2. The van der Waals surface area contributed by atoms with Gasteiger partial charge in [-0.05, 0) is 31.2 Å². The highest BCUT2D eigenvalue weighted by Crippen LogP contribution is 2.24. The van der Waals surface area contributed by atoms with Gasteiger partial charge in [0.1, 0.15) is 5.82 Å². The summed E-state index contributed by atoms with van der Waals surface area (Å²) in [5, 5.41) is 9.78. The Balaban J connectivity index is 1.97. The molecule has 3 aromatic rings. The van der Waals surface area contributed by atoms with E-state index in [1.807, 2.05) is 6.07 Å². The van der Waals surface area contributed by atoms with Crippen LogP contribution in [0.3, 0.4) is 0 Å². The number of aromatic nitrogens is 2. The van der Waals surface area contributed by atoms with Gasteiger partial charge in [-0.25, -0.2) is 9.78 Å². The predicted octanol–water partition coefficient (Wildman–Crippen LogP) is 3.15. The van der Waals surface area contributed by atoms with Crippen molar-refractivity contribution in [3.05, 3.63) is 70.3 Å². The second-order valence-corrected chi connectivity index (χ2v) is 5.97. The van der Waals surface area contributed by atoms with E-state index in [2.05, 4.69) is 4.98 Å². The Morgan fingerprint density at radius 2 is 1.87 bits per heavy atom. The van der Waals surface area contributed by atoms with Crippen LogP contribution < -0.4 is 5.56 Å². The van der Waals surface area contributed by atoms with E-state index in [9.17, 15) is 14.7 Å². The van der Waals surface area contributed by atoms with Crippen molar-refractivity contribution < 1.29 is 9.90 Å². The summed E-state index contributed by atoms with van der Waals surface area (Å²) in [4.78, 5) is 28.9. The fraction of sp³-hybridized carbons (Fsp3) is 0.118. The molecule has 0 aliphatic heterocycles. The lowest BCUT2D eigenvalue weighted by Crippen LogP contribution is -2.23. The minimum absolute atomic E-state index is 0.117. The van der Waals surface area contributed by atoms with Crippen molar-refractivity contribution in [2.24, 2.45) is 0 Å². The maximum atomic E-state index is 12.6. The molecule has 0 aliphatic carbocycles. The monoisotopic (exact) mass is 326 g/mol. The van der Waals surface area contributed by atoms with Gasteiger partial charge in [-0.1, -0.05) is 24.3 Å².